The van der Waals surface area contributed by atoms with Crippen molar-refractivity contribution in [1.29, 1.82) is 0 Å². The maximum Gasteiger partial charge on any atom is 0.255 e. The highest BCUT2D eigenvalue weighted by molar-refractivity contribution is 9.10. The molecule has 422 valence electrons. The zero-order valence-electron chi connectivity index (χ0n) is 47.5. The second-order valence-electron chi connectivity index (χ2n) is 20.8. The SMILES string of the molecule is COc1cc2c(cc1OC)CN(CCNC(=O)c1cc(-c3ccccc3)ccc1NC(=O)c1ccc(C(C)C)cc1)CC2.COc1cc2c(cc1OC)CN(CCNC(=O)c1cc(Br)ccc1NC(=O)c1ccc(C(C)C)cc1)CC2. The Balaban J connectivity index is 0.000000214. The van der Waals surface area contributed by atoms with Gasteiger partial charge in [-0.05, 0) is 148 Å². The first kappa shape index (κ1) is 59.1. The topological polar surface area (TPSA) is 160 Å². The van der Waals surface area contributed by atoms with Gasteiger partial charge in [-0.15, -0.1) is 0 Å². The molecule has 0 bridgehead atoms. The molecular formula is C66H73BrN6O8. The molecule has 15 heteroatoms. The number of ether oxygens (including phenoxy) is 4. The van der Waals surface area contributed by atoms with Gasteiger partial charge in [0.2, 0.25) is 0 Å². The van der Waals surface area contributed by atoms with Crippen molar-refractivity contribution >= 4 is 50.9 Å². The molecule has 4 N–H and O–H groups in total. The van der Waals surface area contributed by atoms with Crippen molar-refractivity contribution in [2.75, 3.05) is 78.3 Å². The average Bonchev–Trinajstić information content (AvgIpc) is 3.49. The van der Waals surface area contributed by atoms with Gasteiger partial charge in [0, 0.05) is 68.0 Å². The zero-order chi connectivity index (χ0) is 57.6. The van der Waals surface area contributed by atoms with Crippen LogP contribution in [0.2, 0.25) is 0 Å². The first-order valence-electron chi connectivity index (χ1n) is 27.4. The molecule has 4 amide bonds. The van der Waals surface area contributed by atoms with Crippen LogP contribution in [-0.4, -0.2) is 101 Å². The predicted octanol–water partition coefficient (Wildman–Crippen LogP) is 12.2. The molecule has 0 saturated heterocycles. The largest absolute Gasteiger partial charge is 0.493 e. The molecule has 9 rings (SSSR count). The van der Waals surface area contributed by atoms with Crippen LogP contribution in [0.15, 0.2) is 144 Å². The van der Waals surface area contributed by atoms with Crippen molar-refractivity contribution < 1.29 is 38.1 Å². The number of hydrogen-bond acceptors (Lipinski definition) is 10. The standard InChI is InChI=1S/C36H39N3O4.C30H34BrN3O4/c1-24(2)25-10-12-27(13-11-25)35(40)38-32-15-14-28(26-8-6-5-7-9-26)20-31(32)36(41)37-17-19-39-18-16-29-21-33(42-3)34(43-4)22-30(29)23-39;1-19(2)20-5-7-21(8-6-20)29(35)33-26-10-9-24(31)17-25(26)30(36)32-12-14-34-13-11-22-15-27(37-3)28(38-4)16-23(22)18-34/h5-15,20-22,24H,16-19,23H2,1-4H3,(H,37,41)(H,38,40);5-10,15-17,19H,11-14,18H2,1-4H3,(H,32,36)(H,33,35). The summed E-state index contributed by atoms with van der Waals surface area (Å²) < 4.78 is 22.6. The van der Waals surface area contributed by atoms with Crippen molar-refractivity contribution in [3.8, 4) is 34.1 Å². The third-order valence-electron chi connectivity index (χ3n) is 14.8. The number of fused-ring (bicyclic) bond motifs is 2. The van der Waals surface area contributed by atoms with Crippen molar-refractivity contribution in [3.63, 3.8) is 0 Å². The number of carbonyl (C=O) groups is 4. The third-order valence-corrected chi connectivity index (χ3v) is 15.3. The van der Waals surface area contributed by atoms with E-state index in [2.05, 4.69) is 86.8 Å². The van der Waals surface area contributed by atoms with Gasteiger partial charge in [0.15, 0.2) is 23.0 Å². The van der Waals surface area contributed by atoms with Gasteiger partial charge in [-0.1, -0.05) is 104 Å². The van der Waals surface area contributed by atoms with Crippen LogP contribution >= 0.6 is 15.9 Å². The Kier molecular flexibility index (Phi) is 20.4. The summed E-state index contributed by atoms with van der Waals surface area (Å²) in [6, 6.07) is 44.1. The monoisotopic (exact) mass is 1160 g/mol. The molecule has 81 heavy (non-hydrogen) atoms. The van der Waals surface area contributed by atoms with E-state index in [9.17, 15) is 19.2 Å². The lowest BCUT2D eigenvalue weighted by molar-refractivity contribution is 0.0939. The van der Waals surface area contributed by atoms with E-state index in [1.807, 2.05) is 109 Å². The fraction of sp³-hybridized carbons (Fsp3) is 0.303. The Morgan fingerprint density at radius 1 is 0.469 bits per heavy atom. The van der Waals surface area contributed by atoms with Crippen LogP contribution in [0.25, 0.3) is 11.1 Å². The highest BCUT2D eigenvalue weighted by Crippen LogP contribution is 2.35. The number of rotatable bonds is 19. The quantitative estimate of drug-likeness (QED) is 0.0614. The van der Waals surface area contributed by atoms with E-state index in [1.165, 1.54) is 33.4 Å². The Morgan fingerprint density at radius 3 is 1.30 bits per heavy atom. The van der Waals surface area contributed by atoms with Gasteiger partial charge in [0.05, 0.1) is 50.9 Å². The van der Waals surface area contributed by atoms with Gasteiger partial charge >= 0.3 is 0 Å². The van der Waals surface area contributed by atoms with Gasteiger partial charge in [-0.25, -0.2) is 0 Å². The maximum absolute atomic E-state index is 13.6. The summed E-state index contributed by atoms with van der Waals surface area (Å²) in [6.45, 7) is 14.1. The number of anilines is 2. The van der Waals surface area contributed by atoms with Gasteiger partial charge in [-0.3, -0.25) is 29.0 Å². The average molecular weight is 1160 g/mol. The minimum absolute atomic E-state index is 0.230. The van der Waals surface area contributed by atoms with E-state index in [1.54, 1.807) is 46.6 Å². The number of amides is 4. The van der Waals surface area contributed by atoms with Crippen LogP contribution in [-0.2, 0) is 25.9 Å². The highest BCUT2D eigenvalue weighted by atomic mass is 79.9. The molecule has 0 unspecified atom stereocenters. The number of nitrogens with one attached hydrogen (secondary N) is 4. The summed E-state index contributed by atoms with van der Waals surface area (Å²) in [5.74, 6) is 2.73. The molecule has 0 radical (unpaired) electrons. The van der Waals surface area contributed by atoms with E-state index in [0.717, 1.165) is 77.6 Å². The van der Waals surface area contributed by atoms with Crippen molar-refractivity contribution in [2.24, 2.45) is 0 Å². The fourth-order valence-corrected chi connectivity index (χ4v) is 10.4. The summed E-state index contributed by atoms with van der Waals surface area (Å²) in [4.78, 5) is 57.4. The molecule has 14 nitrogen and oxygen atoms in total. The van der Waals surface area contributed by atoms with Crippen LogP contribution in [0.1, 0.15) is 114 Å². The van der Waals surface area contributed by atoms with Crippen LogP contribution in [0, 0.1) is 0 Å². The summed E-state index contributed by atoms with van der Waals surface area (Å²) in [5.41, 5.74) is 12.0. The molecule has 0 atom stereocenters. The van der Waals surface area contributed by atoms with Gasteiger partial charge < -0.3 is 40.2 Å². The summed E-state index contributed by atoms with van der Waals surface area (Å²) in [7, 11) is 6.58. The van der Waals surface area contributed by atoms with E-state index < -0.39 is 0 Å². The molecule has 0 aromatic heterocycles. The Hall–Kier alpha value is -7.98. The number of hydrogen-bond donors (Lipinski definition) is 4. The number of nitrogens with zero attached hydrogens (tertiary/aromatic N) is 2. The maximum atomic E-state index is 13.6. The highest BCUT2D eigenvalue weighted by Gasteiger charge is 2.23. The lowest BCUT2D eigenvalue weighted by Crippen LogP contribution is -2.38. The predicted molar refractivity (Wildman–Crippen MR) is 325 cm³/mol. The van der Waals surface area contributed by atoms with Crippen molar-refractivity contribution in [1.82, 2.24) is 20.4 Å². The Morgan fingerprint density at radius 2 is 0.877 bits per heavy atom. The van der Waals surface area contributed by atoms with Gasteiger partial charge in [0.1, 0.15) is 0 Å². The van der Waals surface area contributed by atoms with E-state index in [-0.39, 0.29) is 23.6 Å². The second kappa shape index (κ2) is 27.9. The van der Waals surface area contributed by atoms with Gasteiger partial charge in [0.25, 0.3) is 23.6 Å². The van der Waals surface area contributed by atoms with Crippen LogP contribution in [0.5, 0.6) is 23.0 Å². The van der Waals surface area contributed by atoms with Crippen molar-refractivity contribution in [3.05, 3.63) is 200 Å². The Bertz CT molecular complexity index is 3330. The number of halogens is 1. The summed E-state index contributed by atoms with van der Waals surface area (Å²) >= 11 is 3.45. The number of carbonyl (C=O) groups excluding carboxylic acids is 4. The Labute approximate surface area is 484 Å². The summed E-state index contributed by atoms with van der Waals surface area (Å²) in [6.07, 6.45) is 1.81. The molecule has 0 saturated carbocycles. The smallest absolute Gasteiger partial charge is 0.255 e. The zero-order valence-corrected chi connectivity index (χ0v) is 49.1. The van der Waals surface area contributed by atoms with Crippen LogP contribution in [0.4, 0.5) is 11.4 Å². The molecular weight excluding hydrogens is 1080 g/mol. The number of methoxy groups -OCH3 is 4. The molecule has 7 aromatic carbocycles. The lowest BCUT2D eigenvalue weighted by atomic mass is 9.99. The normalized spacial score (nSPS) is 13.0. The lowest BCUT2D eigenvalue weighted by Gasteiger charge is -2.29. The number of benzene rings is 7. The van der Waals surface area contributed by atoms with E-state index in [0.29, 0.717) is 71.6 Å². The first-order valence-corrected chi connectivity index (χ1v) is 28.2. The molecule has 0 aliphatic carbocycles. The molecule has 7 aromatic rings. The molecule has 0 spiro atoms. The minimum atomic E-state index is -0.254. The van der Waals surface area contributed by atoms with E-state index >= 15 is 0 Å². The first-order chi connectivity index (χ1) is 39.1. The fourth-order valence-electron chi connectivity index (χ4n) is 10.0. The van der Waals surface area contributed by atoms with E-state index in [4.69, 9.17) is 18.9 Å². The molecule has 0 fully saturated rings. The minimum Gasteiger partial charge on any atom is -0.493 e. The molecule has 2 aliphatic rings. The van der Waals surface area contributed by atoms with Crippen LogP contribution < -0.4 is 40.2 Å². The molecule has 2 heterocycles. The van der Waals surface area contributed by atoms with Crippen LogP contribution in [0.3, 0.4) is 0 Å². The molecule has 2 aliphatic heterocycles. The second-order valence-corrected chi connectivity index (χ2v) is 21.7. The summed E-state index contributed by atoms with van der Waals surface area (Å²) in [5, 5.41) is 12.0. The third kappa shape index (κ3) is 15.3. The van der Waals surface area contributed by atoms with Gasteiger partial charge in [-0.2, -0.15) is 0 Å². The van der Waals surface area contributed by atoms with Crippen molar-refractivity contribution in [2.45, 2.75) is 65.5 Å².